The van der Waals surface area contributed by atoms with Gasteiger partial charge in [-0.2, -0.15) is 0 Å². The summed E-state index contributed by atoms with van der Waals surface area (Å²) in [5.74, 6) is 4.42. The monoisotopic (exact) mass is 146 g/mol. The summed E-state index contributed by atoms with van der Waals surface area (Å²) in [4.78, 5) is 0. The maximum atomic E-state index is 5.42. The summed E-state index contributed by atoms with van der Waals surface area (Å²) in [6.07, 6.45) is 10.2. The molecule has 0 saturated heterocycles. The molecular formula is C11H14. The maximum Gasteiger partial charge on any atom is 0.00144 e. The van der Waals surface area contributed by atoms with Gasteiger partial charge in [0.15, 0.2) is 0 Å². The van der Waals surface area contributed by atoms with Crippen LogP contribution in [0.1, 0.15) is 26.7 Å². The van der Waals surface area contributed by atoms with Gasteiger partial charge in [-0.05, 0) is 30.1 Å². The van der Waals surface area contributed by atoms with Crippen LogP contribution < -0.4 is 0 Å². The third-order valence-electron chi connectivity index (χ3n) is 3.63. The fourth-order valence-corrected chi connectivity index (χ4v) is 2.51. The van der Waals surface area contributed by atoms with Gasteiger partial charge < -0.3 is 0 Å². The van der Waals surface area contributed by atoms with Gasteiger partial charge in [-0.1, -0.05) is 25.8 Å². The Morgan fingerprint density at radius 2 is 2.36 bits per heavy atom. The fraction of sp³-hybridized carbons (Fsp3) is 0.636. The molecule has 0 nitrogen and oxygen atoms in total. The number of fused-ring (bicyclic) bond motifs is 1. The molecule has 3 rings (SSSR count). The third kappa shape index (κ3) is 0.717. The van der Waals surface area contributed by atoms with E-state index in [-0.39, 0.29) is 0 Å². The zero-order chi connectivity index (χ0) is 8.06. The van der Waals surface area contributed by atoms with Gasteiger partial charge in [-0.15, -0.1) is 6.42 Å². The van der Waals surface area contributed by atoms with Gasteiger partial charge in [0.1, 0.15) is 0 Å². The van der Waals surface area contributed by atoms with Crippen LogP contribution in [0.25, 0.3) is 0 Å². The molecule has 0 aliphatic heterocycles. The van der Waals surface area contributed by atoms with Crippen LogP contribution in [0, 0.1) is 29.6 Å². The smallest absolute Gasteiger partial charge is 0.00144 e. The Kier molecular flexibility index (Phi) is 1.21. The van der Waals surface area contributed by atoms with Gasteiger partial charge in [0.05, 0.1) is 0 Å². The second-order valence-electron chi connectivity index (χ2n) is 4.35. The Morgan fingerprint density at radius 1 is 1.64 bits per heavy atom. The van der Waals surface area contributed by atoms with E-state index in [1.807, 2.05) is 0 Å². The number of rotatable bonds is 0. The van der Waals surface area contributed by atoms with Gasteiger partial charge in [0.25, 0.3) is 0 Å². The summed E-state index contributed by atoms with van der Waals surface area (Å²) in [6.45, 7) is 4.69. The molecule has 1 saturated carbocycles. The first-order valence-corrected chi connectivity index (χ1v) is 4.33. The molecule has 0 heterocycles. The van der Waals surface area contributed by atoms with Crippen molar-refractivity contribution in [3.63, 3.8) is 0 Å². The molecule has 2 bridgehead atoms. The Balaban J connectivity index is 2.32. The van der Waals surface area contributed by atoms with Crippen molar-refractivity contribution in [3.8, 4) is 12.3 Å². The highest BCUT2D eigenvalue weighted by Gasteiger charge is 2.50. The minimum atomic E-state index is 0.496. The minimum Gasteiger partial charge on any atom is -0.115 e. The molecule has 0 N–H and O–H groups in total. The first-order valence-electron chi connectivity index (χ1n) is 4.33. The summed E-state index contributed by atoms with van der Waals surface area (Å²) >= 11 is 0. The molecule has 0 unspecified atom stereocenters. The van der Waals surface area contributed by atoms with Gasteiger partial charge in [-0.3, -0.25) is 0 Å². The fourth-order valence-electron chi connectivity index (χ4n) is 2.51. The van der Waals surface area contributed by atoms with Crippen molar-refractivity contribution in [1.82, 2.24) is 0 Å². The van der Waals surface area contributed by atoms with Crippen molar-refractivity contribution in [2.24, 2.45) is 17.3 Å². The lowest BCUT2D eigenvalue weighted by molar-refractivity contribution is -0.00246. The first kappa shape index (κ1) is 6.98. The number of hydrogen-bond acceptors (Lipinski definition) is 0. The van der Waals surface area contributed by atoms with Crippen LogP contribution in [0.15, 0.2) is 11.6 Å². The van der Waals surface area contributed by atoms with Crippen molar-refractivity contribution in [2.45, 2.75) is 26.7 Å². The van der Waals surface area contributed by atoms with Crippen molar-refractivity contribution < 1.29 is 0 Å². The molecule has 2 atom stereocenters. The molecule has 0 radical (unpaired) electrons. The molecule has 11 heavy (non-hydrogen) atoms. The average Bonchev–Trinajstić information content (AvgIpc) is 2.04. The lowest BCUT2D eigenvalue weighted by Gasteiger charge is -2.55. The van der Waals surface area contributed by atoms with Gasteiger partial charge >= 0.3 is 0 Å². The average molecular weight is 146 g/mol. The highest BCUT2D eigenvalue weighted by molar-refractivity contribution is 5.36. The number of terminal acetylenes is 1. The highest BCUT2D eigenvalue weighted by Crippen LogP contribution is 2.58. The van der Waals surface area contributed by atoms with E-state index in [2.05, 4.69) is 25.8 Å². The SMILES string of the molecule is C#CC1=CC[C@H]2C[C@@H]1C2(C)C. The normalized spacial score (nSPS) is 38.5. The molecule has 0 aromatic carbocycles. The predicted octanol–water partition coefficient (Wildman–Crippen LogP) is 2.61. The van der Waals surface area contributed by atoms with Crippen LogP contribution in [0.2, 0.25) is 0 Å². The summed E-state index contributed by atoms with van der Waals surface area (Å²) in [5, 5.41) is 0. The Bertz CT molecular complexity index is 250. The topological polar surface area (TPSA) is 0 Å². The van der Waals surface area contributed by atoms with Crippen LogP contribution >= 0.6 is 0 Å². The first-order chi connectivity index (χ1) is 5.16. The second kappa shape index (κ2) is 1.91. The van der Waals surface area contributed by atoms with E-state index in [0.717, 1.165) is 5.92 Å². The molecular weight excluding hydrogens is 132 g/mol. The maximum absolute atomic E-state index is 5.42. The quantitative estimate of drug-likeness (QED) is 0.461. The van der Waals surface area contributed by atoms with E-state index < -0.39 is 0 Å². The summed E-state index contributed by atoms with van der Waals surface area (Å²) < 4.78 is 0. The molecule has 1 fully saturated rings. The Hall–Kier alpha value is -0.700. The van der Waals surface area contributed by atoms with Crippen molar-refractivity contribution >= 4 is 0 Å². The summed E-state index contributed by atoms with van der Waals surface area (Å²) in [7, 11) is 0. The van der Waals surface area contributed by atoms with Gasteiger partial charge in [0, 0.05) is 5.57 Å². The third-order valence-corrected chi connectivity index (χ3v) is 3.63. The van der Waals surface area contributed by atoms with Gasteiger partial charge in [0.2, 0.25) is 0 Å². The predicted molar refractivity (Wildman–Crippen MR) is 46.9 cm³/mol. The lowest BCUT2D eigenvalue weighted by atomic mass is 9.49. The minimum absolute atomic E-state index is 0.496. The van der Waals surface area contributed by atoms with Gasteiger partial charge in [-0.25, -0.2) is 0 Å². The number of hydrogen-bond donors (Lipinski definition) is 0. The van der Waals surface area contributed by atoms with Crippen molar-refractivity contribution in [3.05, 3.63) is 11.6 Å². The molecule has 0 aromatic heterocycles. The number of allylic oxidation sites excluding steroid dienone is 2. The molecule has 3 aliphatic carbocycles. The summed E-state index contributed by atoms with van der Waals surface area (Å²) in [5.41, 5.74) is 1.76. The van der Waals surface area contributed by atoms with E-state index in [1.54, 1.807) is 0 Å². The summed E-state index contributed by atoms with van der Waals surface area (Å²) in [6, 6.07) is 0. The van der Waals surface area contributed by atoms with E-state index in [4.69, 9.17) is 6.42 Å². The highest BCUT2D eigenvalue weighted by atomic mass is 14.5. The van der Waals surface area contributed by atoms with E-state index in [9.17, 15) is 0 Å². The van der Waals surface area contributed by atoms with Crippen LogP contribution in [0.3, 0.4) is 0 Å². The molecule has 0 spiro atoms. The van der Waals surface area contributed by atoms with E-state index in [0.29, 0.717) is 11.3 Å². The van der Waals surface area contributed by atoms with Crippen LogP contribution in [-0.4, -0.2) is 0 Å². The molecule has 58 valence electrons. The van der Waals surface area contributed by atoms with Crippen molar-refractivity contribution in [2.75, 3.05) is 0 Å². The molecule has 0 amide bonds. The van der Waals surface area contributed by atoms with E-state index in [1.165, 1.54) is 18.4 Å². The van der Waals surface area contributed by atoms with Crippen LogP contribution in [-0.2, 0) is 0 Å². The standard InChI is InChI=1S/C11H14/c1-4-8-5-6-9-7-10(8)11(9,2)3/h1,5,9-10H,6-7H2,2-3H3/t9-,10-/m0/s1. The zero-order valence-electron chi connectivity index (χ0n) is 7.22. The molecule has 0 aromatic rings. The Labute approximate surface area is 68.7 Å². The lowest BCUT2D eigenvalue weighted by Crippen LogP contribution is -2.47. The van der Waals surface area contributed by atoms with Crippen molar-refractivity contribution in [1.29, 1.82) is 0 Å². The Morgan fingerprint density at radius 3 is 2.73 bits per heavy atom. The molecule has 3 aliphatic rings. The molecule has 0 heteroatoms. The second-order valence-corrected chi connectivity index (χ2v) is 4.35. The van der Waals surface area contributed by atoms with Crippen LogP contribution in [0.5, 0.6) is 0 Å². The largest absolute Gasteiger partial charge is 0.115 e. The zero-order valence-corrected chi connectivity index (χ0v) is 7.22. The van der Waals surface area contributed by atoms with Crippen LogP contribution in [0.4, 0.5) is 0 Å². The van der Waals surface area contributed by atoms with E-state index >= 15 is 0 Å².